The zero-order valence-corrected chi connectivity index (χ0v) is 20.2. The van der Waals surface area contributed by atoms with E-state index in [9.17, 15) is 9.59 Å². The normalized spacial score (nSPS) is 19.8. The van der Waals surface area contributed by atoms with Gasteiger partial charge in [0.05, 0.1) is 31.6 Å². The third-order valence-electron chi connectivity index (χ3n) is 6.25. The largest absolute Gasteiger partial charge is 0.307 e. The molecular formula is C25H33N5O4+2. The molecule has 9 nitrogen and oxygen atoms in total. The van der Waals surface area contributed by atoms with Gasteiger partial charge in [0.1, 0.15) is 0 Å². The fourth-order valence-corrected chi connectivity index (χ4v) is 4.47. The molecule has 1 fully saturated rings. The zero-order chi connectivity index (χ0) is 24.2. The predicted molar refractivity (Wildman–Crippen MR) is 122 cm³/mol. The zero-order valence-electron chi connectivity index (χ0n) is 20.2. The van der Waals surface area contributed by atoms with Crippen molar-refractivity contribution in [2.24, 2.45) is 0 Å². The molecule has 0 bridgehead atoms. The summed E-state index contributed by atoms with van der Waals surface area (Å²) < 4.78 is 14.6. The van der Waals surface area contributed by atoms with Crippen LogP contribution in [0, 0.1) is 13.8 Å². The highest BCUT2D eigenvalue weighted by atomic mass is 16.5. The molecule has 180 valence electrons. The number of fused-ring (bicyclic) bond motifs is 1. The van der Waals surface area contributed by atoms with E-state index in [1.165, 1.54) is 11.1 Å². The average Bonchev–Trinajstić information content (AvgIpc) is 3.46. The van der Waals surface area contributed by atoms with E-state index in [4.69, 9.17) is 9.05 Å². The van der Waals surface area contributed by atoms with Crippen molar-refractivity contribution in [2.45, 2.75) is 53.0 Å². The van der Waals surface area contributed by atoms with Gasteiger partial charge in [-0.15, -0.1) is 0 Å². The molecule has 2 aliphatic heterocycles. The van der Waals surface area contributed by atoms with Crippen molar-refractivity contribution in [1.82, 2.24) is 15.1 Å². The van der Waals surface area contributed by atoms with Gasteiger partial charge < -0.3 is 5.32 Å². The lowest BCUT2D eigenvalue weighted by atomic mass is 9.97. The third-order valence-corrected chi connectivity index (χ3v) is 6.25. The number of aryl methyl sites for hydroxylation is 2. The Bertz CT molecular complexity index is 1150. The first kappa shape index (κ1) is 23.7. The molecule has 0 saturated carbocycles. The number of hydrogen-bond donors (Lipinski definition) is 1. The van der Waals surface area contributed by atoms with E-state index in [-0.39, 0.29) is 24.1 Å². The minimum Gasteiger partial charge on any atom is -0.307 e. The molecule has 0 spiro atoms. The van der Waals surface area contributed by atoms with Crippen LogP contribution in [-0.4, -0.2) is 41.2 Å². The number of carbonyl (C=O) groups excluding carboxylic acids is 2. The van der Waals surface area contributed by atoms with E-state index in [1.807, 2.05) is 60.3 Å². The van der Waals surface area contributed by atoms with Crippen LogP contribution in [0.3, 0.4) is 0 Å². The molecule has 0 radical (unpaired) electrons. The molecule has 1 aromatic carbocycles. The molecule has 1 N–H and O–H groups in total. The molecule has 0 aliphatic carbocycles. The number of benzene rings is 1. The molecule has 2 atom stereocenters. The van der Waals surface area contributed by atoms with Gasteiger partial charge in [0.15, 0.2) is 11.5 Å². The Labute approximate surface area is 199 Å². The van der Waals surface area contributed by atoms with Crippen molar-refractivity contribution in [2.75, 3.05) is 19.6 Å². The number of carbonyl (C=O) groups is 2. The van der Waals surface area contributed by atoms with E-state index in [2.05, 4.69) is 17.4 Å². The minimum atomic E-state index is -0.0684. The minimum absolute atomic E-state index is 0.0371. The van der Waals surface area contributed by atoms with Gasteiger partial charge in [-0.1, -0.05) is 24.3 Å². The molecule has 2 aromatic heterocycles. The second kappa shape index (κ2) is 10.2. The van der Waals surface area contributed by atoms with Crippen LogP contribution in [0.4, 0.5) is 0 Å². The SMILES string of the molecule is CC(=O)N1CCNCC1[n+]1ccc(C)o1.CC(=O)N1Cc2ccccc2CC1[n+]1ccc(C)o1. The van der Waals surface area contributed by atoms with Crippen LogP contribution in [0.2, 0.25) is 0 Å². The lowest BCUT2D eigenvalue weighted by Crippen LogP contribution is -2.59. The lowest BCUT2D eigenvalue weighted by Gasteiger charge is -2.30. The van der Waals surface area contributed by atoms with Crippen LogP contribution >= 0.6 is 0 Å². The Hall–Kier alpha value is -3.46. The maximum absolute atomic E-state index is 11.9. The molecule has 2 unspecified atom stereocenters. The Balaban J connectivity index is 0.000000166. The van der Waals surface area contributed by atoms with Crippen molar-refractivity contribution in [3.05, 3.63) is 71.4 Å². The molecule has 2 amide bonds. The first-order chi connectivity index (χ1) is 16.3. The highest BCUT2D eigenvalue weighted by Gasteiger charge is 2.37. The second-order valence-corrected chi connectivity index (χ2v) is 8.75. The van der Waals surface area contributed by atoms with E-state index >= 15 is 0 Å². The Morgan fingerprint density at radius 1 is 0.882 bits per heavy atom. The fourth-order valence-electron chi connectivity index (χ4n) is 4.47. The van der Waals surface area contributed by atoms with Crippen molar-refractivity contribution >= 4 is 11.8 Å². The first-order valence-corrected chi connectivity index (χ1v) is 11.6. The summed E-state index contributed by atoms with van der Waals surface area (Å²) >= 11 is 0. The van der Waals surface area contributed by atoms with Gasteiger partial charge in [-0.3, -0.25) is 19.4 Å². The van der Waals surface area contributed by atoms with Gasteiger partial charge in [-0.25, -0.2) is 9.05 Å². The van der Waals surface area contributed by atoms with Crippen LogP contribution < -0.4 is 14.8 Å². The van der Waals surface area contributed by atoms with Crippen molar-refractivity contribution < 1.29 is 28.1 Å². The Kier molecular flexibility index (Phi) is 7.12. The van der Waals surface area contributed by atoms with Crippen molar-refractivity contribution in [1.29, 1.82) is 0 Å². The maximum atomic E-state index is 11.9. The van der Waals surface area contributed by atoms with Crippen molar-refractivity contribution in [3.8, 4) is 0 Å². The molecule has 4 heterocycles. The highest BCUT2D eigenvalue weighted by Crippen LogP contribution is 2.26. The summed E-state index contributed by atoms with van der Waals surface area (Å²) in [5.41, 5.74) is 2.50. The number of amides is 2. The van der Waals surface area contributed by atoms with E-state index in [0.29, 0.717) is 6.54 Å². The lowest BCUT2D eigenvalue weighted by molar-refractivity contribution is -0.895. The van der Waals surface area contributed by atoms with E-state index in [1.54, 1.807) is 23.3 Å². The number of aromatic nitrogens is 2. The molecule has 1 saturated heterocycles. The molecule has 3 aromatic rings. The summed E-state index contributed by atoms with van der Waals surface area (Å²) in [7, 11) is 0. The van der Waals surface area contributed by atoms with Crippen LogP contribution in [0.15, 0.2) is 57.8 Å². The van der Waals surface area contributed by atoms with Crippen LogP contribution in [0.5, 0.6) is 0 Å². The maximum Gasteiger partial charge on any atom is 0.292 e. The van der Waals surface area contributed by atoms with Gasteiger partial charge in [-0.2, -0.15) is 0 Å². The van der Waals surface area contributed by atoms with Gasteiger partial charge in [0.25, 0.3) is 12.3 Å². The summed E-state index contributed by atoms with van der Waals surface area (Å²) in [6, 6.07) is 12.1. The molecule has 34 heavy (non-hydrogen) atoms. The van der Waals surface area contributed by atoms with Crippen LogP contribution in [0.25, 0.3) is 0 Å². The van der Waals surface area contributed by atoms with Gasteiger partial charge in [0.2, 0.25) is 24.2 Å². The van der Waals surface area contributed by atoms with Gasteiger partial charge in [-0.05, 0) is 11.1 Å². The summed E-state index contributed by atoms with van der Waals surface area (Å²) in [6.07, 6.45) is 4.44. The summed E-state index contributed by atoms with van der Waals surface area (Å²) in [5.74, 6) is 1.86. The highest BCUT2D eigenvalue weighted by molar-refractivity contribution is 5.73. The summed E-state index contributed by atoms with van der Waals surface area (Å²) in [4.78, 5) is 27.0. The molecule has 9 heteroatoms. The number of hydrogen-bond acceptors (Lipinski definition) is 5. The monoisotopic (exact) mass is 467 g/mol. The Morgan fingerprint density at radius 3 is 2.03 bits per heavy atom. The second-order valence-electron chi connectivity index (χ2n) is 8.75. The average molecular weight is 468 g/mol. The van der Waals surface area contributed by atoms with Gasteiger partial charge >= 0.3 is 0 Å². The summed E-state index contributed by atoms with van der Waals surface area (Å²) in [6.45, 7) is 9.95. The third kappa shape index (κ3) is 5.20. The summed E-state index contributed by atoms with van der Waals surface area (Å²) in [5, 5.41) is 3.25. The van der Waals surface area contributed by atoms with Crippen LogP contribution in [0.1, 0.15) is 48.8 Å². The quantitative estimate of drug-likeness (QED) is 0.581. The standard InChI is InChI=1S/C15H17N2O2.C10H16N3O2/c1-11-7-8-17(19-11)15-9-13-5-3-4-6-14(13)10-16(15)12(2)18;1-8-3-5-13(15-8)10-7-11-4-6-12(10)9(2)14/h3-8,15H,9-10H2,1-2H3;3,5,10-11H,4,6-7H2,1-2H3/q2*+1. The number of nitrogens with one attached hydrogen (secondary N) is 1. The molecular weight excluding hydrogens is 434 g/mol. The number of piperazine rings is 1. The smallest absolute Gasteiger partial charge is 0.292 e. The van der Waals surface area contributed by atoms with Crippen molar-refractivity contribution in [3.63, 3.8) is 0 Å². The van der Waals surface area contributed by atoms with Gasteiger partial charge in [0, 0.05) is 50.3 Å². The van der Waals surface area contributed by atoms with E-state index < -0.39 is 0 Å². The Morgan fingerprint density at radius 2 is 1.47 bits per heavy atom. The molecule has 5 rings (SSSR count). The predicted octanol–water partition coefficient (Wildman–Crippen LogP) is 1.80. The fraction of sp³-hybridized carbons (Fsp3) is 0.440. The number of nitrogens with zero attached hydrogens (tertiary/aromatic N) is 4. The topological polar surface area (TPSA) is 86.7 Å². The molecule has 2 aliphatic rings. The van der Waals surface area contributed by atoms with Crippen LogP contribution in [-0.2, 0) is 22.6 Å². The number of rotatable bonds is 2. The van der Waals surface area contributed by atoms with E-state index in [0.717, 1.165) is 37.6 Å². The first-order valence-electron chi connectivity index (χ1n) is 11.6.